The molecular formula is C19H25N3O5. The molecule has 1 aromatic carbocycles. The fourth-order valence-electron chi connectivity index (χ4n) is 2.01. The Balaban J connectivity index is 2.49. The van der Waals surface area contributed by atoms with E-state index in [9.17, 15) is 14.4 Å². The lowest BCUT2D eigenvalue weighted by atomic mass is 9.90. The van der Waals surface area contributed by atoms with Crippen LogP contribution in [-0.4, -0.2) is 43.1 Å². The van der Waals surface area contributed by atoms with Gasteiger partial charge in [-0.05, 0) is 31.9 Å². The maximum absolute atomic E-state index is 12.2. The molecule has 2 N–H and O–H groups in total. The Morgan fingerprint density at radius 1 is 1.26 bits per heavy atom. The van der Waals surface area contributed by atoms with Crippen molar-refractivity contribution < 1.29 is 23.9 Å². The van der Waals surface area contributed by atoms with E-state index in [0.29, 0.717) is 17.9 Å². The minimum absolute atomic E-state index is 0.119. The van der Waals surface area contributed by atoms with Crippen LogP contribution in [0, 0.1) is 17.2 Å². The first-order valence-corrected chi connectivity index (χ1v) is 8.61. The molecule has 2 amide bonds. The highest BCUT2D eigenvalue weighted by Crippen LogP contribution is 2.17. The normalized spacial score (nSPS) is 12.4. The predicted molar refractivity (Wildman–Crippen MR) is 97.9 cm³/mol. The van der Waals surface area contributed by atoms with Crippen molar-refractivity contribution in [1.82, 2.24) is 10.6 Å². The summed E-state index contributed by atoms with van der Waals surface area (Å²) >= 11 is 0. The zero-order valence-electron chi connectivity index (χ0n) is 16.0. The number of carbonyl (C=O) groups excluding carboxylic acids is 3. The first-order valence-electron chi connectivity index (χ1n) is 8.61. The molecule has 0 saturated heterocycles. The van der Waals surface area contributed by atoms with Gasteiger partial charge in [-0.3, -0.25) is 14.4 Å². The predicted octanol–water partition coefficient (Wildman–Crippen LogP) is 1.41. The Bertz CT molecular complexity index is 726. The van der Waals surface area contributed by atoms with Crippen LogP contribution in [0.25, 0.3) is 0 Å². The summed E-state index contributed by atoms with van der Waals surface area (Å²) in [5, 5.41) is 14.1. The fourth-order valence-corrected chi connectivity index (χ4v) is 2.01. The van der Waals surface area contributed by atoms with Crippen LogP contribution >= 0.6 is 0 Å². The summed E-state index contributed by atoms with van der Waals surface area (Å²) in [6.45, 7) is 6.46. The molecular weight excluding hydrogens is 350 g/mol. The molecule has 1 atom stereocenters. The standard InChI is InChI=1S/C19H25N3O5/c1-5-26-15-9-7-6-8-14(15)18(25)21-10-17(24)27-11-16(23)22-19(4,12-20)13(2)3/h6-9,13H,5,10-11H2,1-4H3,(H,21,25)(H,22,23)/t19-/m0/s1. The van der Waals surface area contributed by atoms with Gasteiger partial charge in [-0.15, -0.1) is 0 Å². The van der Waals surface area contributed by atoms with E-state index in [1.165, 1.54) is 0 Å². The van der Waals surface area contributed by atoms with E-state index >= 15 is 0 Å². The van der Waals surface area contributed by atoms with Crippen LogP contribution in [0.5, 0.6) is 5.75 Å². The maximum atomic E-state index is 12.2. The van der Waals surface area contributed by atoms with Gasteiger partial charge in [0, 0.05) is 0 Å². The van der Waals surface area contributed by atoms with Gasteiger partial charge in [0.2, 0.25) is 0 Å². The second kappa shape index (κ2) is 10.2. The summed E-state index contributed by atoms with van der Waals surface area (Å²) in [7, 11) is 0. The molecule has 0 aliphatic carbocycles. The SMILES string of the molecule is CCOc1ccccc1C(=O)NCC(=O)OCC(=O)N[C@@](C)(C#N)C(C)C. The van der Waals surface area contributed by atoms with E-state index in [1.54, 1.807) is 52.0 Å². The summed E-state index contributed by atoms with van der Waals surface area (Å²) in [6.07, 6.45) is 0. The number of amides is 2. The third-order valence-corrected chi connectivity index (χ3v) is 3.98. The summed E-state index contributed by atoms with van der Waals surface area (Å²) in [6, 6.07) is 8.68. The van der Waals surface area contributed by atoms with Gasteiger partial charge in [0.1, 0.15) is 17.8 Å². The number of rotatable bonds is 9. The average molecular weight is 375 g/mol. The number of nitrogens with one attached hydrogen (secondary N) is 2. The van der Waals surface area contributed by atoms with Gasteiger partial charge in [0.05, 0.1) is 18.2 Å². The molecule has 8 nitrogen and oxygen atoms in total. The lowest BCUT2D eigenvalue weighted by Crippen LogP contribution is -2.50. The summed E-state index contributed by atoms with van der Waals surface area (Å²) < 4.78 is 10.2. The van der Waals surface area contributed by atoms with Gasteiger partial charge in [-0.2, -0.15) is 5.26 Å². The molecule has 0 aliphatic rings. The van der Waals surface area contributed by atoms with Crippen molar-refractivity contribution >= 4 is 17.8 Å². The second-order valence-corrected chi connectivity index (χ2v) is 6.29. The Morgan fingerprint density at radius 2 is 1.93 bits per heavy atom. The molecule has 0 radical (unpaired) electrons. The smallest absolute Gasteiger partial charge is 0.325 e. The summed E-state index contributed by atoms with van der Waals surface area (Å²) in [5.41, 5.74) is -0.757. The van der Waals surface area contributed by atoms with Crippen LogP contribution in [0.15, 0.2) is 24.3 Å². The first kappa shape index (κ1) is 22.0. The molecule has 0 bridgehead atoms. The largest absolute Gasteiger partial charge is 0.493 e. The molecule has 0 aromatic heterocycles. The molecule has 1 aromatic rings. The van der Waals surface area contributed by atoms with Gasteiger partial charge in [0.25, 0.3) is 11.8 Å². The summed E-state index contributed by atoms with van der Waals surface area (Å²) in [4.78, 5) is 35.8. The van der Waals surface area contributed by atoms with Gasteiger partial charge >= 0.3 is 5.97 Å². The van der Waals surface area contributed by atoms with E-state index < -0.39 is 36.5 Å². The number of carbonyl (C=O) groups is 3. The number of nitriles is 1. The number of nitrogens with zero attached hydrogens (tertiary/aromatic N) is 1. The Morgan fingerprint density at radius 3 is 2.52 bits per heavy atom. The zero-order chi connectivity index (χ0) is 20.4. The zero-order valence-corrected chi connectivity index (χ0v) is 16.0. The van der Waals surface area contributed by atoms with Crippen LogP contribution in [0.4, 0.5) is 0 Å². The third-order valence-electron chi connectivity index (χ3n) is 3.98. The molecule has 27 heavy (non-hydrogen) atoms. The number of esters is 1. The fraction of sp³-hybridized carbons (Fsp3) is 0.474. The molecule has 0 spiro atoms. The van der Waals surface area contributed by atoms with Gasteiger partial charge in [-0.1, -0.05) is 26.0 Å². The topological polar surface area (TPSA) is 118 Å². The van der Waals surface area contributed by atoms with Crippen LogP contribution in [0.3, 0.4) is 0 Å². The van der Waals surface area contributed by atoms with E-state index in [-0.39, 0.29) is 5.92 Å². The Labute approximate surface area is 158 Å². The van der Waals surface area contributed by atoms with Crippen LogP contribution in [0.2, 0.25) is 0 Å². The van der Waals surface area contributed by atoms with Crippen molar-refractivity contribution in [2.45, 2.75) is 33.2 Å². The molecule has 0 aliphatic heterocycles. The molecule has 1 rings (SSSR count). The number of benzene rings is 1. The lowest BCUT2D eigenvalue weighted by molar-refractivity contribution is -0.147. The molecule has 146 valence electrons. The molecule has 0 heterocycles. The number of para-hydroxylation sites is 1. The second-order valence-electron chi connectivity index (χ2n) is 6.29. The molecule has 8 heteroatoms. The van der Waals surface area contributed by atoms with Crippen molar-refractivity contribution in [2.24, 2.45) is 5.92 Å². The Hall–Kier alpha value is -3.08. The van der Waals surface area contributed by atoms with Gasteiger partial charge in [-0.25, -0.2) is 0 Å². The molecule has 0 saturated carbocycles. The monoisotopic (exact) mass is 375 g/mol. The van der Waals surface area contributed by atoms with Crippen LogP contribution in [0.1, 0.15) is 38.1 Å². The van der Waals surface area contributed by atoms with Crippen molar-refractivity contribution in [1.29, 1.82) is 5.26 Å². The minimum atomic E-state index is -1.05. The minimum Gasteiger partial charge on any atom is -0.493 e. The van der Waals surface area contributed by atoms with Crippen molar-refractivity contribution in [3.63, 3.8) is 0 Å². The highest BCUT2D eigenvalue weighted by atomic mass is 16.5. The lowest BCUT2D eigenvalue weighted by Gasteiger charge is -2.27. The quantitative estimate of drug-likeness (QED) is 0.630. The molecule has 0 unspecified atom stereocenters. The Kier molecular flexibility index (Phi) is 8.27. The highest BCUT2D eigenvalue weighted by molar-refractivity contribution is 5.98. The van der Waals surface area contributed by atoms with E-state index in [2.05, 4.69) is 10.6 Å². The average Bonchev–Trinajstić information content (AvgIpc) is 2.64. The maximum Gasteiger partial charge on any atom is 0.325 e. The number of ether oxygens (including phenoxy) is 2. The van der Waals surface area contributed by atoms with Gasteiger partial charge < -0.3 is 20.1 Å². The van der Waals surface area contributed by atoms with E-state index in [1.807, 2.05) is 6.07 Å². The van der Waals surface area contributed by atoms with Crippen molar-refractivity contribution in [2.75, 3.05) is 19.8 Å². The van der Waals surface area contributed by atoms with Crippen LogP contribution < -0.4 is 15.4 Å². The van der Waals surface area contributed by atoms with Crippen molar-refractivity contribution in [3.8, 4) is 11.8 Å². The van der Waals surface area contributed by atoms with Crippen molar-refractivity contribution in [3.05, 3.63) is 29.8 Å². The first-order chi connectivity index (χ1) is 12.7. The summed E-state index contributed by atoms with van der Waals surface area (Å²) in [5.74, 6) is -1.55. The number of hydrogen-bond donors (Lipinski definition) is 2. The number of hydrogen-bond acceptors (Lipinski definition) is 6. The highest BCUT2D eigenvalue weighted by Gasteiger charge is 2.30. The van der Waals surface area contributed by atoms with E-state index in [4.69, 9.17) is 14.7 Å². The molecule has 0 fully saturated rings. The van der Waals surface area contributed by atoms with Crippen LogP contribution in [-0.2, 0) is 14.3 Å². The van der Waals surface area contributed by atoms with E-state index in [0.717, 1.165) is 0 Å². The third kappa shape index (κ3) is 6.62. The van der Waals surface area contributed by atoms with Gasteiger partial charge in [0.15, 0.2) is 6.61 Å².